The number of nitrogens with one attached hydrogen (secondary N) is 2. The first-order valence-electron chi connectivity index (χ1n) is 9.06. The highest BCUT2D eigenvalue weighted by Crippen LogP contribution is 2.45. The number of benzene rings is 1. The predicted molar refractivity (Wildman–Crippen MR) is 101 cm³/mol. The number of piperazine rings is 1. The minimum Gasteiger partial charge on any atom is -0.374 e. The number of amides is 1. The molecule has 2 N–H and O–H groups in total. The second-order valence-electron chi connectivity index (χ2n) is 7.28. The van der Waals surface area contributed by atoms with Gasteiger partial charge in [-0.2, -0.15) is 0 Å². The number of hydrogen-bond acceptors (Lipinski definition) is 4. The second kappa shape index (κ2) is 7.40. The number of rotatable bonds is 6. The monoisotopic (exact) mass is 340 g/mol. The second-order valence-corrected chi connectivity index (χ2v) is 7.28. The van der Waals surface area contributed by atoms with Gasteiger partial charge in [0, 0.05) is 51.6 Å². The van der Waals surface area contributed by atoms with Crippen molar-refractivity contribution in [2.24, 2.45) is 0 Å². The number of carbonyl (C=O) groups is 1. The standard InChI is InChI=1S/C20H28N4O/c1-16-14-23(11-3-10-21)12-13-24(16)15-18-4-6-19(7-5-18)20(8-9-20)22-17(2)25/h3-7,10-11,16,21H,8-9,12-15H2,1-2H3,(H,22,25)/b11-3-,21-10?/t16-/m1/s1. The van der Waals surface area contributed by atoms with E-state index in [1.165, 1.54) is 17.3 Å². The molecule has 0 aromatic heterocycles. The Balaban J connectivity index is 1.58. The Hall–Kier alpha value is -2.14. The van der Waals surface area contributed by atoms with Crippen LogP contribution in [0.25, 0.3) is 0 Å². The van der Waals surface area contributed by atoms with Crippen molar-refractivity contribution >= 4 is 12.1 Å². The van der Waals surface area contributed by atoms with E-state index < -0.39 is 0 Å². The zero-order chi connectivity index (χ0) is 17.9. The van der Waals surface area contributed by atoms with Gasteiger partial charge in [-0.25, -0.2) is 0 Å². The molecule has 1 aliphatic carbocycles. The van der Waals surface area contributed by atoms with Crippen LogP contribution in [0.5, 0.6) is 0 Å². The molecule has 1 saturated carbocycles. The molecule has 25 heavy (non-hydrogen) atoms. The largest absolute Gasteiger partial charge is 0.374 e. The Labute approximate surface area is 150 Å². The molecule has 1 aromatic carbocycles. The van der Waals surface area contributed by atoms with Crippen LogP contribution in [0.2, 0.25) is 0 Å². The van der Waals surface area contributed by atoms with Crippen molar-refractivity contribution < 1.29 is 4.79 Å². The minimum absolute atomic E-state index is 0.0466. The maximum absolute atomic E-state index is 11.4. The highest BCUT2D eigenvalue weighted by molar-refractivity contribution is 5.74. The topological polar surface area (TPSA) is 59.4 Å². The lowest BCUT2D eigenvalue weighted by atomic mass is 10.0. The van der Waals surface area contributed by atoms with Crippen LogP contribution in [0.15, 0.2) is 36.5 Å². The third-order valence-corrected chi connectivity index (χ3v) is 5.25. The lowest BCUT2D eigenvalue weighted by molar-refractivity contribution is -0.120. The molecule has 1 atom stereocenters. The molecule has 5 nitrogen and oxygen atoms in total. The Morgan fingerprint density at radius 1 is 1.32 bits per heavy atom. The zero-order valence-electron chi connectivity index (χ0n) is 15.2. The molecule has 2 fully saturated rings. The van der Waals surface area contributed by atoms with E-state index in [4.69, 9.17) is 5.41 Å². The van der Waals surface area contributed by atoms with Crippen LogP contribution in [0.4, 0.5) is 0 Å². The van der Waals surface area contributed by atoms with Gasteiger partial charge in [0.05, 0.1) is 5.54 Å². The van der Waals surface area contributed by atoms with Crippen LogP contribution in [-0.4, -0.2) is 47.6 Å². The van der Waals surface area contributed by atoms with Gasteiger partial charge in [0.2, 0.25) is 5.91 Å². The normalized spacial score (nSPS) is 22.8. The predicted octanol–water partition coefficient (Wildman–Crippen LogP) is 2.48. The Bertz CT molecular complexity index is 648. The van der Waals surface area contributed by atoms with E-state index in [9.17, 15) is 4.79 Å². The van der Waals surface area contributed by atoms with Gasteiger partial charge in [-0.15, -0.1) is 0 Å². The number of hydrogen-bond donors (Lipinski definition) is 2. The fourth-order valence-corrected chi connectivity index (χ4v) is 3.67. The SMILES string of the molecule is CC(=O)NC1(c2ccc(CN3CCN(/C=C\C=N)C[C@H]3C)cc2)CC1. The van der Waals surface area contributed by atoms with Gasteiger partial charge in [0.25, 0.3) is 0 Å². The van der Waals surface area contributed by atoms with Crippen molar-refractivity contribution in [2.75, 3.05) is 19.6 Å². The van der Waals surface area contributed by atoms with Crippen LogP contribution >= 0.6 is 0 Å². The fourth-order valence-electron chi connectivity index (χ4n) is 3.67. The van der Waals surface area contributed by atoms with E-state index in [0.29, 0.717) is 6.04 Å². The van der Waals surface area contributed by atoms with Crippen molar-refractivity contribution in [1.82, 2.24) is 15.1 Å². The molecule has 1 heterocycles. The van der Waals surface area contributed by atoms with Crippen molar-refractivity contribution in [2.45, 2.75) is 44.8 Å². The summed E-state index contributed by atoms with van der Waals surface area (Å²) in [6.45, 7) is 7.83. The molecule has 1 aliphatic heterocycles. The van der Waals surface area contributed by atoms with E-state index in [0.717, 1.165) is 39.0 Å². The summed E-state index contributed by atoms with van der Waals surface area (Å²) in [5.41, 5.74) is 2.43. The molecule has 0 bridgehead atoms. The van der Waals surface area contributed by atoms with E-state index in [1.807, 2.05) is 6.20 Å². The van der Waals surface area contributed by atoms with Gasteiger partial charge < -0.3 is 15.6 Å². The van der Waals surface area contributed by atoms with E-state index in [-0.39, 0.29) is 11.4 Å². The van der Waals surface area contributed by atoms with E-state index in [1.54, 1.807) is 13.0 Å². The molecule has 0 radical (unpaired) electrons. The lowest BCUT2D eigenvalue weighted by Gasteiger charge is -2.39. The first-order valence-corrected chi connectivity index (χ1v) is 9.06. The quantitative estimate of drug-likeness (QED) is 0.782. The van der Waals surface area contributed by atoms with Crippen molar-refractivity contribution in [3.8, 4) is 0 Å². The summed E-state index contributed by atoms with van der Waals surface area (Å²) in [6.07, 6.45) is 7.19. The van der Waals surface area contributed by atoms with Crippen molar-refractivity contribution in [3.05, 3.63) is 47.7 Å². The molecule has 5 heteroatoms. The molecule has 1 aromatic rings. The molecule has 0 spiro atoms. The van der Waals surface area contributed by atoms with E-state index >= 15 is 0 Å². The first-order chi connectivity index (χ1) is 12.0. The summed E-state index contributed by atoms with van der Waals surface area (Å²) in [5, 5.41) is 10.2. The number of allylic oxidation sites excluding steroid dienone is 1. The Morgan fingerprint density at radius 2 is 2.04 bits per heavy atom. The molecule has 3 rings (SSSR count). The maximum atomic E-state index is 11.4. The van der Waals surface area contributed by atoms with Crippen LogP contribution in [0, 0.1) is 5.41 Å². The fraction of sp³-hybridized carbons (Fsp3) is 0.500. The van der Waals surface area contributed by atoms with Gasteiger partial charge in [-0.1, -0.05) is 24.3 Å². The molecule has 1 saturated heterocycles. The lowest BCUT2D eigenvalue weighted by Crippen LogP contribution is -2.49. The Morgan fingerprint density at radius 3 is 2.60 bits per heavy atom. The van der Waals surface area contributed by atoms with Crippen molar-refractivity contribution in [1.29, 1.82) is 5.41 Å². The number of nitrogens with zero attached hydrogens (tertiary/aromatic N) is 2. The third kappa shape index (κ3) is 4.28. The highest BCUT2D eigenvalue weighted by Gasteiger charge is 2.44. The van der Waals surface area contributed by atoms with Gasteiger partial charge in [-0.3, -0.25) is 9.69 Å². The summed E-state index contributed by atoms with van der Waals surface area (Å²) in [7, 11) is 0. The summed E-state index contributed by atoms with van der Waals surface area (Å²) in [4.78, 5) is 16.2. The average molecular weight is 340 g/mol. The van der Waals surface area contributed by atoms with Gasteiger partial charge >= 0.3 is 0 Å². The van der Waals surface area contributed by atoms with Crippen LogP contribution < -0.4 is 5.32 Å². The third-order valence-electron chi connectivity index (χ3n) is 5.25. The molecule has 134 valence electrons. The summed E-state index contributed by atoms with van der Waals surface area (Å²) >= 11 is 0. The zero-order valence-corrected chi connectivity index (χ0v) is 15.2. The average Bonchev–Trinajstić information content (AvgIpc) is 3.35. The number of carbonyl (C=O) groups excluding carboxylic acids is 1. The summed E-state index contributed by atoms with van der Waals surface area (Å²) < 4.78 is 0. The van der Waals surface area contributed by atoms with Gasteiger partial charge in [-0.05, 0) is 37.0 Å². The first kappa shape index (κ1) is 17.7. The van der Waals surface area contributed by atoms with Crippen LogP contribution in [0.1, 0.15) is 37.8 Å². The highest BCUT2D eigenvalue weighted by atomic mass is 16.1. The molecular weight excluding hydrogens is 312 g/mol. The van der Waals surface area contributed by atoms with Crippen molar-refractivity contribution in [3.63, 3.8) is 0 Å². The maximum Gasteiger partial charge on any atom is 0.217 e. The molecular formula is C20H28N4O. The van der Waals surface area contributed by atoms with Crippen LogP contribution in [0.3, 0.4) is 0 Å². The molecule has 2 aliphatic rings. The smallest absolute Gasteiger partial charge is 0.217 e. The molecule has 0 unspecified atom stereocenters. The van der Waals surface area contributed by atoms with Crippen LogP contribution in [-0.2, 0) is 16.9 Å². The minimum atomic E-state index is -0.107. The Kier molecular flexibility index (Phi) is 5.23. The molecule has 1 amide bonds. The van der Waals surface area contributed by atoms with Gasteiger partial charge in [0.1, 0.15) is 0 Å². The van der Waals surface area contributed by atoms with Gasteiger partial charge in [0.15, 0.2) is 0 Å². The summed E-state index contributed by atoms with van der Waals surface area (Å²) in [6, 6.07) is 9.23. The summed E-state index contributed by atoms with van der Waals surface area (Å²) in [5.74, 6) is 0.0466. The van der Waals surface area contributed by atoms with E-state index in [2.05, 4.69) is 46.3 Å².